The van der Waals surface area contributed by atoms with E-state index in [0.29, 0.717) is 17.3 Å². The van der Waals surface area contributed by atoms with Crippen LogP contribution < -0.4 is 5.32 Å². The van der Waals surface area contributed by atoms with Gasteiger partial charge >= 0.3 is 0 Å². The van der Waals surface area contributed by atoms with Gasteiger partial charge in [0.15, 0.2) is 9.84 Å². The number of carbonyl (C=O) groups excluding carboxylic acids is 1. The number of hydrogen-bond donors (Lipinski definition) is 2. The smallest absolute Gasteiger partial charge is 0.255 e. The first-order chi connectivity index (χ1) is 17.1. The molecule has 11 heteroatoms. The lowest BCUT2D eigenvalue weighted by molar-refractivity contribution is 0.0343. The summed E-state index contributed by atoms with van der Waals surface area (Å²) in [4.78, 5) is 16.1. The van der Waals surface area contributed by atoms with Gasteiger partial charge in [0.05, 0.1) is 17.2 Å². The third-order valence-corrected chi connectivity index (χ3v) is 7.35. The van der Waals surface area contributed by atoms with Crippen molar-refractivity contribution in [1.29, 1.82) is 0 Å². The van der Waals surface area contributed by atoms with E-state index in [0.717, 1.165) is 22.4 Å². The number of rotatable bonds is 8. The van der Waals surface area contributed by atoms with Crippen LogP contribution in [0.15, 0.2) is 84.3 Å². The molecule has 0 bridgehead atoms. The second-order valence-electron chi connectivity index (χ2n) is 8.36. The number of sulfone groups is 1. The van der Waals surface area contributed by atoms with Gasteiger partial charge in [0.1, 0.15) is 29.9 Å². The van der Waals surface area contributed by atoms with Crippen LogP contribution in [-0.4, -0.2) is 39.9 Å². The van der Waals surface area contributed by atoms with Crippen molar-refractivity contribution in [2.75, 3.05) is 11.1 Å². The van der Waals surface area contributed by atoms with Crippen molar-refractivity contribution in [3.8, 4) is 0 Å². The van der Waals surface area contributed by atoms with E-state index in [4.69, 9.17) is 0 Å². The summed E-state index contributed by atoms with van der Waals surface area (Å²) >= 11 is 0. The number of aliphatic hydroxyl groups is 1. The second kappa shape index (κ2) is 9.96. The van der Waals surface area contributed by atoms with Gasteiger partial charge in [-0.1, -0.05) is 23.8 Å². The molecule has 1 atom stereocenters. The molecule has 8 nitrogen and oxygen atoms in total. The molecule has 186 valence electrons. The first-order valence-electron chi connectivity index (χ1n) is 10.8. The summed E-state index contributed by atoms with van der Waals surface area (Å²) in [5.41, 5.74) is -0.957. The maximum absolute atomic E-state index is 14.6. The number of nitrogens with zero attached hydrogens (tertiary/aromatic N) is 3. The van der Waals surface area contributed by atoms with Crippen LogP contribution in [0.5, 0.6) is 0 Å². The summed E-state index contributed by atoms with van der Waals surface area (Å²) in [6.45, 7) is 1.41. The number of amides is 1. The van der Waals surface area contributed by atoms with Gasteiger partial charge in [-0.2, -0.15) is 5.10 Å². The monoisotopic (exact) mass is 512 g/mol. The summed E-state index contributed by atoms with van der Waals surface area (Å²) < 4.78 is 55.7. The molecular formula is C25H22F2N4O4S. The Bertz CT molecular complexity index is 1490. The molecule has 0 saturated heterocycles. The zero-order chi connectivity index (χ0) is 25.9. The minimum atomic E-state index is -4.18. The van der Waals surface area contributed by atoms with Crippen molar-refractivity contribution in [1.82, 2.24) is 14.8 Å². The lowest BCUT2D eigenvalue weighted by Crippen LogP contribution is -2.40. The highest BCUT2D eigenvalue weighted by Crippen LogP contribution is 2.31. The predicted octanol–water partition coefficient (Wildman–Crippen LogP) is 3.48. The van der Waals surface area contributed by atoms with Crippen molar-refractivity contribution < 1.29 is 27.1 Å². The number of benzene rings is 3. The van der Waals surface area contributed by atoms with Gasteiger partial charge in [-0.3, -0.25) is 4.79 Å². The molecule has 0 spiro atoms. The van der Waals surface area contributed by atoms with Crippen LogP contribution in [0.1, 0.15) is 21.5 Å². The fourth-order valence-corrected chi connectivity index (χ4v) is 5.38. The highest BCUT2D eigenvalue weighted by atomic mass is 32.2. The van der Waals surface area contributed by atoms with Crippen LogP contribution in [0, 0.1) is 18.6 Å². The maximum atomic E-state index is 14.6. The van der Waals surface area contributed by atoms with E-state index in [2.05, 4.69) is 15.4 Å². The minimum absolute atomic E-state index is 0.157. The number of aryl methyl sites for hydroxylation is 1. The SMILES string of the molecule is Cc1cccc(C(=O)Nc2ccc(S(=O)(=O)C[C@](O)(Cn3cncn3)c3ccc(F)cc3F)cc2)c1. The molecule has 4 aromatic rings. The molecule has 0 unspecified atom stereocenters. The van der Waals surface area contributed by atoms with Crippen molar-refractivity contribution in [2.45, 2.75) is 24.0 Å². The third-order valence-electron chi connectivity index (χ3n) is 5.50. The zero-order valence-electron chi connectivity index (χ0n) is 19.1. The summed E-state index contributed by atoms with van der Waals surface area (Å²) in [6, 6.07) is 14.9. The standard InChI is InChI=1S/C25H22F2N4O4S/c1-17-3-2-4-18(11-17)24(32)30-20-6-8-21(9-7-20)36(34,35)14-25(33,13-31-16-28-15-29-31)22-10-5-19(26)12-23(22)27/h2-12,15-16,33H,13-14H2,1H3,(H,30,32)/t25-/m1/s1. The molecule has 0 aliphatic heterocycles. The fraction of sp³-hybridized carbons (Fsp3) is 0.160. The maximum Gasteiger partial charge on any atom is 0.255 e. The molecule has 1 aromatic heterocycles. The number of hydrogen-bond acceptors (Lipinski definition) is 6. The van der Waals surface area contributed by atoms with Crippen LogP contribution in [0.4, 0.5) is 14.5 Å². The summed E-state index contributed by atoms with van der Waals surface area (Å²) in [7, 11) is -4.18. The Balaban J connectivity index is 1.59. The Hall–Kier alpha value is -3.96. The lowest BCUT2D eigenvalue weighted by Gasteiger charge is -2.28. The predicted molar refractivity (Wildman–Crippen MR) is 128 cm³/mol. The molecule has 1 heterocycles. The van der Waals surface area contributed by atoms with Crippen LogP contribution in [0.2, 0.25) is 0 Å². The summed E-state index contributed by atoms with van der Waals surface area (Å²) in [6.07, 6.45) is 2.42. The van der Waals surface area contributed by atoms with Crippen LogP contribution in [0.3, 0.4) is 0 Å². The Kier molecular flexibility index (Phi) is 6.95. The quantitative estimate of drug-likeness (QED) is 0.374. The fourth-order valence-electron chi connectivity index (χ4n) is 3.79. The van der Waals surface area contributed by atoms with Gasteiger partial charge in [0.2, 0.25) is 0 Å². The zero-order valence-corrected chi connectivity index (χ0v) is 19.9. The first kappa shape index (κ1) is 25.1. The van der Waals surface area contributed by atoms with Gasteiger partial charge in [-0.25, -0.2) is 26.9 Å². The van der Waals surface area contributed by atoms with E-state index < -0.39 is 44.9 Å². The molecule has 4 rings (SSSR count). The number of aromatic nitrogens is 3. The Labute approximate surface area is 206 Å². The van der Waals surface area contributed by atoms with Gasteiger partial charge < -0.3 is 10.4 Å². The largest absolute Gasteiger partial charge is 0.382 e. The molecule has 0 aliphatic rings. The number of nitrogens with one attached hydrogen (secondary N) is 1. The van der Waals surface area contributed by atoms with Crippen molar-refractivity contribution in [3.05, 3.63) is 108 Å². The molecule has 0 fully saturated rings. The Morgan fingerprint density at radius 3 is 2.47 bits per heavy atom. The highest BCUT2D eigenvalue weighted by molar-refractivity contribution is 7.91. The van der Waals surface area contributed by atoms with Gasteiger partial charge in [0.25, 0.3) is 5.91 Å². The highest BCUT2D eigenvalue weighted by Gasteiger charge is 2.39. The number of anilines is 1. The van der Waals surface area contributed by atoms with Gasteiger partial charge in [0, 0.05) is 22.9 Å². The second-order valence-corrected chi connectivity index (χ2v) is 10.3. The normalized spacial score (nSPS) is 13.2. The first-order valence-corrected chi connectivity index (χ1v) is 12.4. The van der Waals surface area contributed by atoms with Crippen molar-refractivity contribution >= 4 is 21.4 Å². The molecular weight excluding hydrogens is 490 g/mol. The van der Waals surface area contributed by atoms with Crippen LogP contribution >= 0.6 is 0 Å². The van der Waals surface area contributed by atoms with E-state index in [1.54, 1.807) is 18.2 Å². The van der Waals surface area contributed by atoms with E-state index in [-0.39, 0.29) is 10.8 Å². The number of halogens is 2. The van der Waals surface area contributed by atoms with Crippen molar-refractivity contribution in [2.24, 2.45) is 0 Å². The van der Waals surface area contributed by atoms with Crippen LogP contribution in [0.25, 0.3) is 0 Å². The topological polar surface area (TPSA) is 114 Å². The average molecular weight is 513 g/mol. The lowest BCUT2D eigenvalue weighted by atomic mass is 9.95. The van der Waals surface area contributed by atoms with E-state index in [1.165, 1.54) is 36.9 Å². The summed E-state index contributed by atoms with van der Waals surface area (Å²) in [5, 5.41) is 17.9. The number of carbonyl (C=O) groups is 1. The molecule has 0 saturated carbocycles. The molecule has 1 amide bonds. The molecule has 36 heavy (non-hydrogen) atoms. The molecule has 2 N–H and O–H groups in total. The molecule has 3 aromatic carbocycles. The van der Waals surface area contributed by atoms with Crippen molar-refractivity contribution in [3.63, 3.8) is 0 Å². The van der Waals surface area contributed by atoms with E-state index in [1.807, 2.05) is 13.0 Å². The van der Waals surface area contributed by atoms with E-state index in [9.17, 15) is 27.1 Å². The third kappa shape index (κ3) is 5.64. The Morgan fingerprint density at radius 2 is 1.83 bits per heavy atom. The average Bonchev–Trinajstić information content (AvgIpc) is 3.31. The minimum Gasteiger partial charge on any atom is -0.382 e. The van der Waals surface area contributed by atoms with Crippen LogP contribution in [-0.2, 0) is 22.0 Å². The van der Waals surface area contributed by atoms with Gasteiger partial charge in [-0.15, -0.1) is 0 Å². The summed E-state index contributed by atoms with van der Waals surface area (Å²) in [5.74, 6) is -3.24. The van der Waals surface area contributed by atoms with Gasteiger partial charge in [-0.05, 0) is 49.4 Å². The molecule has 0 aliphatic carbocycles. The Morgan fingerprint density at radius 1 is 1.08 bits per heavy atom. The molecule has 0 radical (unpaired) electrons. The van der Waals surface area contributed by atoms with E-state index >= 15 is 0 Å².